The lowest BCUT2D eigenvalue weighted by Crippen LogP contribution is -2.49. The Bertz CT molecular complexity index is 701. The summed E-state index contributed by atoms with van der Waals surface area (Å²) in [6.07, 6.45) is -0.477. The molecule has 3 rings (SSSR count). The number of amides is 1. The van der Waals surface area contributed by atoms with E-state index >= 15 is 0 Å². The molecule has 1 atom stereocenters. The zero-order valence-corrected chi connectivity index (χ0v) is 15.3. The molecule has 1 aliphatic rings. The molecule has 0 radical (unpaired) electrons. The number of β-amino-alcohol motifs (C(OH)–C–C–N with tert-alkyl or cyclic N) is 1. The minimum atomic E-state index is -0.477. The third-order valence-electron chi connectivity index (χ3n) is 4.12. The van der Waals surface area contributed by atoms with Gasteiger partial charge in [0.25, 0.3) is 5.91 Å². The van der Waals surface area contributed by atoms with Crippen molar-refractivity contribution in [3.05, 3.63) is 56.2 Å². The number of thiophene rings is 1. The van der Waals surface area contributed by atoms with Crippen LogP contribution in [-0.4, -0.2) is 53.5 Å². The van der Waals surface area contributed by atoms with Crippen LogP contribution >= 0.6 is 34.5 Å². The number of aliphatic hydroxyl groups excluding tert-OH is 1. The van der Waals surface area contributed by atoms with E-state index in [1.807, 2.05) is 17.5 Å². The normalized spacial score (nSPS) is 17.0. The number of halogens is 2. The lowest BCUT2D eigenvalue weighted by atomic mass is 10.1. The van der Waals surface area contributed by atoms with Crippen LogP contribution in [0.15, 0.2) is 35.7 Å². The zero-order valence-electron chi connectivity index (χ0n) is 13.0. The summed E-state index contributed by atoms with van der Waals surface area (Å²) >= 11 is 13.6. The summed E-state index contributed by atoms with van der Waals surface area (Å²) in [5.41, 5.74) is 0.441. The number of aliphatic hydroxyl groups is 1. The topological polar surface area (TPSA) is 43.8 Å². The third kappa shape index (κ3) is 4.10. The average Bonchev–Trinajstić information content (AvgIpc) is 3.12. The quantitative estimate of drug-likeness (QED) is 0.876. The molecule has 2 heterocycles. The van der Waals surface area contributed by atoms with Crippen LogP contribution in [0.3, 0.4) is 0 Å². The first kappa shape index (κ1) is 17.7. The molecule has 2 aromatic rings. The van der Waals surface area contributed by atoms with E-state index in [0.29, 0.717) is 35.2 Å². The maximum atomic E-state index is 12.6. The van der Waals surface area contributed by atoms with Gasteiger partial charge in [0.1, 0.15) is 6.10 Å². The van der Waals surface area contributed by atoms with Gasteiger partial charge in [0.05, 0.1) is 10.6 Å². The van der Waals surface area contributed by atoms with Crippen molar-refractivity contribution in [3.8, 4) is 0 Å². The van der Waals surface area contributed by atoms with Gasteiger partial charge in [-0.3, -0.25) is 9.69 Å². The minimum absolute atomic E-state index is 0.0963. The molecular formula is C17H18Cl2N2O2S. The van der Waals surface area contributed by atoms with Gasteiger partial charge >= 0.3 is 0 Å². The highest BCUT2D eigenvalue weighted by Crippen LogP contribution is 2.23. The first-order valence-electron chi connectivity index (χ1n) is 7.73. The van der Waals surface area contributed by atoms with Gasteiger partial charge in [0, 0.05) is 42.6 Å². The Morgan fingerprint density at radius 3 is 2.62 bits per heavy atom. The van der Waals surface area contributed by atoms with Crippen molar-refractivity contribution in [1.29, 1.82) is 0 Å². The molecule has 0 bridgehead atoms. The highest BCUT2D eigenvalue weighted by atomic mass is 35.5. The molecule has 0 unspecified atom stereocenters. The molecule has 1 aliphatic heterocycles. The molecule has 0 saturated carbocycles. The predicted octanol–water partition coefficient (Wildman–Crippen LogP) is 3.55. The molecule has 1 fully saturated rings. The second-order valence-electron chi connectivity index (χ2n) is 5.75. The lowest BCUT2D eigenvalue weighted by Gasteiger charge is -2.35. The Labute approximate surface area is 155 Å². The van der Waals surface area contributed by atoms with Gasteiger partial charge in [-0.15, -0.1) is 11.3 Å². The third-order valence-corrected chi connectivity index (χ3v) is 5.66. The monoisotopic (exact) mass is 384 g/mol. The minimum Gasteiger partial charge on any atom is -0.386 e. The van der Waals surface area contributed by atoms with E-state index in [2.05, 4.69) is 4.90 Å². The van der Waals surface area contributed by atoms with Crippen molar-refractivity contribution in [2.45, 2.75) is 6.10 Å². The molecule has 0 aliphatic carbocycles. The van der Waals surface area contributed by atoms with Crippen LogP contribution in [0.1, 0.15) is 21.3 Å². The molecule has 0 spiro atoms. The summed E-state index contributed by atoms with van der Waals surface area (Å²) in [4.78, 5) is 17.5. The van der Waals surface area contributed by atoms with Crippen molar-refractivity contribution in [2.75, 3.05) is 32.7 Å². The Morgan fingerprint density at radius 1 is 1.21 bits per heavy atom. The Hall–Kier alpha value is -1.11. The van der Waals surface area contributed by atoms with Gasteiger partial charge in [-0.1, -0.05) is 29.3 Å². The number of hydrogen-bond donors (Lipinski definition) is 1. The van der Waals surface area contributed by atoms with Crippen LogP contribution in [0.2, 0.25) is 10.0 Å². The lowest BCUT2D eigenvalue weighted by molar-refractivity contribution is 0.0533. The second-order valence-corrected chi connectivity index (χ2v) is 7.57. The number of hydrogen-bond acceptors (Lipinski definition) is 4. The van der Waals surface area contributed by atoms with Gasteiger partial charge in [-0.05, 0) is 29.6 Å². The molecule has 1 aromatic heterocycles. The Balaban J connectivity index is 1.56. The molecular weight excluding hydrogens is 367 g/mol. The van der Waals surface area contributed by atoms with Crippen LogP contribution in [0.5, 0.6) is 0 Å². The summed E-state index contributed by atoms with van der Waals surface area (Å²) in [5.74, 6) is -0.0963. The van der Waals surface area contributed by atoms with Gasteiger partial charge in [-0.25, -0.2) is 0 Å². The fourth-order valence-electron chi connectivity index (χ4n) is 2.78. The molecule has 7 heteroatoms. The van der Waals surface area contributed by atoms with E-state index in [9.17, 15) is 9.90 Å². The summed E-state index contributed by atoms with van der Waals surface area (Å²) in [6.45, 7) is 3.26. The summed E-state index contributed by atoms with van der Waals surface area (Å²) in [6, 6.07) is 8.80. The van der Waals surface area contributed by atoms with Crippen LogP contribution < -0.4 is 0 Å². The summed E-state index contributed by atoms with van der Waals surface area (Å²) in [7, 11) is 0. The van der Waals surface area contributed by atoms with E-state index in [-0.39, 0.29) is 5.91 Å². The molecule has 1 amide bonds. The van der Waals surface area contributed by atoms with E-state index in [1.165, 1.54) is 0 Å². The summed E-state index contributed by atoms with van der Waals surface area (Å²) in [5, 5.41) is 13.1. The van der Waals surface area contributed by atoms with Crippen molar-refractivity contribution >= 4 is 40.4 Å². The van der Waals surface area contributed by atoms with E-state index in [1.54, 1.807) is 34.4 Å². The van der Waals surface area contributed by atoms with Gasteiger partial charge in [0.2, 0.25) is 0 Å². The smallest absolute Gasteiger partial charge is 0.255 e. The number of piperazine rings is 1. The maximum absolute atomic E-state index is 12.6. The van der Waals surface area contributed by atoms with Crippen molar-refractivity contribution in [3.63, 3.8) is 0 Å². The van der Waals surface area contributed by atoms with E-state index in [0.717, 1.165) is 18.0 Å². The average molecular weight is 385 g/mol. The Morgan fingerprint density at radius 2 is 1.96 bits per heavy atom. The van der Waals surface area contributed by atoms with Gasteiger partial charge < -0.3 is 10.0 Å². The predicted molar refractivity (Wildman–Crippen MR) is 98.1 cm³/mol. The van der Waals surface area contributed by atoms with E-state index < -0.39 is 6.10 Å². The SMILES string of the molecule is O=C(c1cc(Cl)ccc1Cl)N1CCN(C[C@@H](O)c2cccs2)CC1. The fourth-order valence-corrected chi connectivity index (χ4v) is 3.85. The zero-order chi connectivity index (χ0) is 17.1. The van der Waals surface area contributed by atoms with Crippen molar-refractivity contribution < 1.29 is 9.90 Å². The Kier molecular flexibility index (Phi) is 5.79. The van der Waals surface area contributed by atoms with Gasteiger partial charge in [-0.2, -0.15) is 0 Å². The molecule has 1 saturated heterocycles. The fraction of sp³-hybridized carbons (Fsp3) is 0.353. The first-order valence-corrected chi connectivity index (χ1v) is 9.36. The van der Waals surface area contributed by atoms with Crippen molar-refractivity contribution in [1.82, 2.24) is 9.80 Å². The number of carbonyl (C=O) groups excluding carboxylic acids is 1. The molecule has 1 N–H and O–H groups in total. The van der Waals surface area contributed by atoms with E-state index in [4.69, 9.17) is 23.2 Å². The van der Waals surface area contributed by atoms with Crippen LogP contribution in [0.4, 0.5) is 0 Å². The van der Waals surface area contributed by atoms with Gasteiger partial charge in [0.15, 0.2) is 0 Å². The number of rotatable bonds is 4. The number of carbonyl (C=O) groups is 1. The second kappa shape index (κ2) is 7.85. The highest BCUT2D eigenvalue weighted by molar-refractivity contribution is 7.10. The van der Waals surface area contributed by atoms with Crippen LogP contribution in [0.25, 0.3) is 0 Å². The molecule has 24 heavy (non-hydrogen) atoms. The number of nitrogens with zero attached hydrogens (tertiary/aromatic N) is 2. The number of benzene rings is 1. The standard InChI is InChI=1S/C17H18Cl2N2O2S/c18-12-3-4-14(19)13(10-12)17(23)21-7-5-20(6-8-21)11-15(22)16-2-1-9-24-16/h1-4,9-10,15,22H,5-8,11H2/t15-/m1/s1. The molecule has 1 aromatic carbocycles. The molecule has 4 nitrogen and oxygen atoms in total. The van der Waals surface area contributed by atoms with Crippen LogP contribution in [-0.2, 0) is 0 Å². The van der Waals surface area contributed by atoms with Crippen molar-refractivity contribution in [2.24, 2.45) is 0 Å². The highest BCUT2D eigenvalue weighted by Gasteiger charge is 2.25. The maximum Gasteiger partial charge on any atom is 0.255 e. The largest absolute Gasteiger partial charge is 0.386 e. The first-order chi connectivity index (χ1) is 11.5. The molecule has 128 valence electrons. The summed E-state index contributed by atoms with van der Waals surface area (Å²) < 4.78 is 0. The van der Waals surface area contributed by atoms with Crippen LogP contribution in [0, 0.1) is 0 Å².